The van der Waals surface area contributed by atoms with E-state index < -0.39 is 0 Å². The van der Waals surface area contributed by atoms with E-state index in [1.807, 2.05) is 42.9 Å². The molecule has 1 aliphatic rings. The van der Waals surface area contributed by atoms with Crippen LogP contribution in [0.25, 0.3) is 83.1 Å². The highest BCUT2D eigenvalue weighted by Crippen LogP contribution is 2.43. The second kappa shape index (κ2) is 9.96. The van der Waals surface area contributed by atoms with Gasteiger partial charge in [-0.15, -0.1) is 0 Å². The third-order valence-electron chi connectivity index (χ3n) is 9.82. The van der Waals surface area contributed by atoms with Crippen molar-refractivity contribution in [2.75, 3.05) is 0 Å². The number of benzene rings is 4. The highest BCUT2D eigenvalue weighted by molar-refractivity contribution is 6.13. The van der Waals surface area contributed by atoms with Gasteiger partial charge in [0, 0.05) is 62.3 Å². The summed E-state index contributed by atoms with van der Waals surface area (Å²) in [6.07, 6.45) is 7.63. The molecule has 222 valence electrons. The van der Waals surface area contributed by atoms with E-state index in [9.17, 15) is 0 Å². The van der Waals surface area contributed by atoms with E-state index in [0.29, 0.717) is 0 Å². The number of aryl methyl sites for hydroxylation is 3. The lowest BCUT2D eigenvalue weighted by molar-refractivity contribution is 0.946. The highest BCUT2D eigenvalue weighted by atomic mass is 15.1. The zero-order valence-electron chi connectivity index (χ0n) is 25.8. The number of rotatable bonds is 3. The maximum atomic E-state index is 4.85. The summed E-state index contributed by atoms with van der Waals surface area (Å²) >= 11 is 0. The fourth-order valence-electron chi connectivity index (χ4n) is 7.56. The van der Waals surface area contributed by atoms with Crippen LogP contribution in [0.3, 0.4) is 0 Å². The summed E-state index contributed by atoms with van der Waals surface area (Å²) < 4.78 is 2.33. The van der Waals surface area contributed by atoms with Crippen LogP contribution in [-0.4, -0.2) is 24.5 Å². The van der Waals surface area contributed by atoms with E-state index in [2.05, 4.69) is 111 Å². The molecule has 9 aromatic rings. The standard InChI is InChI=1S/C42H29N5/c1-25-14-17-45-42(18-25)47-40-13-11-29(37-7-3-5-16-44-37)22-34(40)35-20-27-9-8-26-19-33-32-21-28(36-6-2-4-15-43-36)10-12-38(32)46-39(33)23-30(26)31(27)24-41(35)47/h2-7,10-24,46H,8-9H2,1H3. The van der Waals surface area contributed by atoms with Crippen LogP contribution in [0.5, 0.6) is 0 Å². The minimum Gasteiger partial charge on any atom is -0.354 e. The Labute approximate surface area is 271 Å². The van der Waals surface area contributed by atoms with Crippen molar-refractivity contribution in [1.29, 1.82) is 0 Å². The third-order valence-corrected chi connectivity index (χ3v) is 9.82. The van der Waals surface area contributed by atoms with Crippen LogP contribution < -0.4 is 0 Å². The number of pyridine rings is 3. The fraction of sp³-hybridized carbons (Fsp3) is 0.0714. The van der Waals surface area contributed by atoms with E-state index >= 15 is 0 Å². The first-order valence-electron chi connectivity index (χ1n) is 16.1. The molecule has 0 aliphatic heterocycles. The zero-order valence-corrected chi connectivity index (χ0v) is 25.8. The molecule has 4 aromatic carbocycles. The van der Waals surface area contributed by atoms with Crippen LogP contribution >= 0.6 is 0 Å². The average Bonchev–Trinajstić information content (AvgIpc) is 3.64. The lowest BCUT2D eigenvalue weighted by Gasteiger charge is -2.21. The van der Waals surface area contributed by atoms with Crippen LogP contribution in [0.1, 0.15) is 16.7 Å². The van der Waals surface area contributed by atoms with Gasteiger partial charge in [0.25, 0.3) is 0 Å². The largest absolute Gasteiger partial charge is 0.354 e. The molecule has 0 spiro atoms. The predicted molar refractivity (Wildman–Crippen MR) is 192 cm³/mol. The summed E-state index contributed by atoms with van der Waals surface area (Å²) in [6.45, 7) is 2.13. The Bertz CT molecular complexity index is 2680. The minimum atomic E-state index is 0.932. The van der Waals surface area contributed by atoms with Gasteiger partial charge in [-0.1, -0.05) is 24.3 Å². The molecule has 5 heteroatoms. The van der Waals surface area contributed by atoms with Crippen molar-refractivity contribution in [1.82, 2.24) is 24.5 Å². The van der Waals surface area contributed by atoms with E-state index in [-0.39, 0.29) is 0 Å². The Morgan fingerprint density at radius 2 is 1.19 bits per heavy atom. The lowest BCUT2D eigenvalue weighted by atomic mass is 9.84. The molecule has 1 aliphatic carbocycles. The molecule has 5 nitrogen and oxygen atoms in total. The van der Waals surface area contributed by atoms with Crippen LogP contribution in [-0.2, 0) is 12.8 Å². The lowest BCUT2D eigenvalue weighted by Crippen LogP contribution is -2.05. The number of hydrogen-bond donors (Lipinski definition) is 1. The summed E-state index contributed by atoms with van der Waals surface area (Å²) in [7, 11) is 0. The molecule has 1 N–H and O–H groups in total. The normalized spacial score (nSPS) is 12.6. The minimum absolute atomic E-state index is 0.932. The van der Waals surface area contributed by atoms with Crippen molar-refractivity contribution < 1.29 is 0 Å². The zero-order chi connectivity index (χ0) is 31.1. The van der Waals surface area contributed by atoms with Gasteiger partial charge in [0.1, 0.15) is 5.82 Å². The Hall–Kier alpha value is -6.07. The molecule has 0 amide bonds. The third kappa shape index (κ3) is 4.06. The molecular weight excluding hydrogens is 574 g/mol. The van der Waals surface area contributed by atoms with E-state index in [4.69, 9.17) is 4.98 Å². The van der Waals surface area contributed by atoms with Crippen molar-refractivity contribution >= 4 is 43.6 Å². The summed E-state index contributed by atoms with van der Waals surface area (Å²) in [5.74, 6) is 0.932. The summed E-state index contributed by atoms with van der Waals surface area (Å²) in [5.41, 5.74) is 15.4. The molecule has 5 aromatic heterocycles. The maximum absolute atomic E-state index is 4.85. The fourth-order valence-corrected chi connectivity index (χ4v) is 7.56. The van der Waals surface area contributed by atoms with Gasteiger partial charge < -0.3 is 4.98 Å². The van der Waals surface area contributed by atoms with Crippen molar-refractivity contribution in [3.05, 3.63) is 144 Å². The van der Waals surface area contributed by atoms with Gasteiger partial charge in [-0.05, 0) is 133 Å². The van der Waals surface area contributed by atoms with Gasteiger partial charge in [-0.3, -0.25) is 14.5 Å². The first-order valence-corrected chi connectivity index (χ1v) is 16.1. The molecule has 0 radical (unpaired) electrons. The molecule has 0 bridgehead atoms. The first-order chi connectivity index (χ1) is 23.2. The quantitative estimate of drug-likeness (QED) is 0.219. The molecule has 0 unspecified atom stereocenters. The molecule has 5 heterocycles. The van der Waals surface area contributed by atoms with Crippen molar-refractivity contribution in [3.63, 3.8) is 0 Å². The SMILES string of the molecule is Cc1ccnc(-n2c3ccc(-c4ccccn4)cc3c3cc4c(cc32)-c2cc3[nH]c5ccc(-c6ccccn6)cc5c3cc2CC4)c1. The maximum Gasteiger partial charge on any atom is 0.137 e. The molecular formula is C42H29N5. The monoisotopic (exact) mass is 603 g/mol. The molecule has 0 saturated heterocycles. The Morgan fingerprint density at radius 3 is 1.91 bits per heavy atom. The molecule has 47 heavy (non-hydrogen) atoms. The van der Waals surface area contributed by atoms with Crippen molar-refractivity contribution in [2.45, 2.75) is 19.8 Å². The average molecular weight is 604 g/mol. The van der Waals surface area contributed by atoms with Gasteiger partial charge in [0.2, 0.25) is 0 Å². The van der Waals surface area contributed by atoms with Crippen LogP contribution in [0.15, 0.2) is 128 Å². The number of hydrogen-bond acceptors (Lipinski definition) is 3. The van der Waals surface area contributed by atoms with E-state index in [1.165, 1.54) is 54.9 Å². The van der Waals surface area contributed by atoms with Crippen molar-refractivity contribution in [2.24, 2.45) is 0 Å². The molecule has 0 saturated carbocycles. The molecule has 10 rings (SSSR count). The van der Waals surface area contributed by atoms with Gasteiger partial charge in [0.05, 0.1) is 22.4 Å². The first kappa shape index (κ1) is 26.2. The second-order valence-corrected chi connectivity index (χ2v) is 12.7. The number of aromatic amines is 1. The number of H-pyrrole nitrogens is 1. The van der Waals surface area contributed by atoms with E-state index in [1.54, 1.807) is 0 Å². The predicted octanol–water partition coefficient (Wildman–Crippen LogP) is 10.0. The van der Waals surface area contributed by atoms with Gasteiger partial charge in [-0.25, -0.2) is 4.98 Å². The number of aromatic nitrogens is 5. The topological polar surface area (TPSA) is 59.4 Å². The van der Waals surface area contributed by atoms with Crippen LogP contribution in [0.4, 0.5) is 0 Å². The number of fused-ring (bicyclic) bond motifs is 9. The molecule has 0 fully saturated rings. The van der Waals surface area contributed by atoms with Crippen LogP contribution in [0, 0.1) is 6.92 Å². The highest BCUT2D eigenvalue weighted by Gasteiger charge is 2.23. The van der Waals surface area contributed by atoms with E-state index in [0.717, 1.165) is 57.7 Å². The Morgan fingerprint density at radius 1 is 0.532 bits per heavy atom. The summed E-state index contributed by atoms with van der Waals surface area (Å²) in [4.78, 5) is 17.8. The van der Waals surface area contributed by atoms with Crippen LogP contribution in [0.2, 0.25) is 0 Å². The van der Waals surface area contributed by atoms with Gasteiger partial charge >= 0.3 is 0 Å². The number of nitrogens with zero attached hydrogens (tertiary/aromatic N) is 4. The van der Waals surface area contributed by atoms with Crippen molar-refractivity contribution in [3.8, 4) is 39.5 Å². The van der Waals surface area contributed by atoms with Gasteiger partial charge in [0.15, 0.2) is 0 Å². The van der Waals surface area contributed by atoms with Gasteiger partial charge in [-0.2, -0.15) is 0 Å². The molecule has 0 atom stereocenters. The summed E-state index contributed by atoms with van der Waals surface area (Å²) in [5, 5.41) is 4.97. The summed E-state index contributed by atoms with van der Waals surface area (Å²) in [6, 6.07) is 39.3. The smallest absolute Gasteiger partial charge is 0.137 e. The Kier molecular flexibility index (Phi) is 5.55. The second-order valence-electron chi connectivity index (χ2n) is 12.7. The Balaban J connectivity index is 1.20. The number of nitrogens with one attached hydrogen (secondary N) is 1.